The molecule has 0 saturated heterocycles. The molecule has 0 rings (SSSR count). The van der Waals surface area contributed by atoms with Gasteiger partial charge in [-0.25, -0.2) is 20.9 Å². The van der Waals surface area contributed by atoms with Gasteiger partial charge in [0.2, 0.25) is 0 Å². The van der Waals surface area contributed by atoms with Crippen molar-refractivity contribution in [1.29, 1.82) is 0 Å². The van der Waals surface area contributed by atoms with Crippen LogP contribution in [0.2, 0.25) is 0 Å². The summed E-state index contributed by atoms with van der Waals surface area (Å²) in [4.78, 5) is 31.0. The van der Waals surface area contributed by atoms with Crippen LogP contribution < -0.4 is 22.1 Å². The molecule has 0 saturated carbocycles. The number of nitrogens with two attached hydrogens (primary N) is 1. The highest BCUT2D eigenvalue weighted by molar-refractivity contribution is 5.67. The maximum Gasteiger partial charge on any atom is 0.422 e. The SMILES string of the molecule is C=CCCC=O.C=CCCCNNC(=O)OC(C)(C)C.C=CCCCO.CC(C)(C)OC(=O)NN. The molecule has 0 heterocycles. The lowest BCUT2D eigenvalue weighted by molar-refractivity contribution is -0.107. The summed E-state index contributed by atoms with van der Waals surface area (Å²) >= 11 is 0. The van der Waals surface area contributed by atoms with E-state index in [-0.39, 0.29) is 6.61 Å². The normalized spacial score (nSPS) is 9.71. The van der Waals surface area contributed by atoms with E-state index < -0.39 is 23.4 Å². The molecule has 0 bridgehead atoms. The van der Waals surface area contributed by atoms with Crippen LogP contribution in [0.4, 0.5) is 9.59 Å². The zero-order valence-electron chi connectivity index (χ0n) is 22.7. The Bertz CT molecular complexity index is 547. The quantitative estimate of drug-likeness (QED) is 0.0693. The van der Waals surface area contributed by atoms with Crippen molar-refractivity contribution in [3.63, 3.8) is 0 Å². The van der Waals surface area contributed by atoms with Gasteiger partial charge in [0.25, 0.3) is 0 Å². The van der Waals surface area contributed by atoms with Crippen molar-refractivity contribution in [3.8, 4) is 0 Å². The van der Waals surface area contributed by atoms with E-state index >= 15 is 0 Å². The number of carbonyl (C=O) groups excluding carboxylic acids is 3. The summed E-state index contributed by atoms with van der Waals surface area (Å²) in [5.41, 5.74) is 6.16. The second-order valence-electron chi connectivity index (χ2n) is 8.82. The maximum absolute atomic E-state index is 11.1. The number of carbonyl (C=O) groups is 3. The predicted molar refractivity (Wildman–Crippen MR) is 142 cm³/mol. The van der Waals surface area contributed by atoms with E-state index in [1.807, 2.05) is 32.3 Å². The third-order valence-corrected chi connectivity index (χ3v) is 2.87. The van der Waals surface area contributed by atoms with Crippen LogP contribution in [-0.4, -0.2) is 47.9 Å². The number of unbranched alkanes of at least 4 members (excludes halogenated alkanes) is 3. The molecule has 35 heavy (non-hydrogen) atoms. The van der Waals surface area contributed by atoms with Gasteiger partial charge in [-0.05, 0) is 73.6 Å². The monoisotopic (exact) mass is 502 g/mol. The van der Waals surface area contributed by atoms with Gasteiger partial charge < -0.3 is 19.4 Å². The van der Waals surface area contributed by atoms with Crippen molar-refractivity contribution in [3.05, 3.63) is 38.0 Å². The highest BCUT2D eigenvalue weighted by Gasteiger charge is 2.15. The minimum absolute atomic E-state index is 0.284. The fourth-order valence-electron chi connectivity index (χ4n) is 1.50. The average Bonchev–Trinajstić information content (AvgIpc) is 2.75. The van der Waals surface area contributed by atoms with Crippen LogP contribution in [0, 0.1) is 0 Å². The predicted octanol–water partition coefficient (Wildman–Crippen LogP) is 4.46. The lowest BCUT2D eigenvalue weighted by atomic mass is 10.2. The fraction of sp³-hybridized carbons (Fsp3) is 0.640. The van der Waals surface area contributed by atoms with Crippen LogP contribution in [0.1, 0.15) is 80.1 Å². The van der Waals surface area contributed by atoms with Crippen LogP contribution in [0.3, 0.4) is 0 Å². The first kappa shape index (κ1) is 39.5. The number of aliphatic hydroxyl groups excluding tert-OH is 1. The van der Waals surface area contributed by atoms with E-state index in [0.29, 0.717) is 13.0 Å². The van der Waals surface area contributed by atoms with E-state index in [1.165, 1.54) is 0 Å². The van der Waals surface area contributed by atoms with E-state index in [1.54, 1.807) is 32.9 Å². The highest BCUT2D eigenvalue weighted by Crippen LogP contribution is 2.06. The number of hydrazine groups is 2. The highest BCUT2D eigenvalue weighted by atomic mass is 16.6. The molecule has 10 nitrogen and oxygen atoms in total. The first-order valence-electron chi connectivity index (χ1n) is 11.5. The molecule has 6 N–H and O–H groups in total. The Kier molecular flexibility index (Phi) is 31.1. The zero-order chi connectivity index (χ0) is 28.2. The molecule has 0 radical (unpaired) electrons. The van der Waals surface area contributed by atoms with Gasteiger partial charge in [0.15, 0.2) is 0 Å². The minimum Gasteiger partial charge on any atom is -0.443 e. The van der Waals surface area contributed by atoms with Crippen molar-refractivity contribution in [2.45, 2.75) is 91.3 Å². The van der Waals surface area contributed by atoms with Crippen molar-refractivity contribution in [1.82, 2.24) is 16.3 Å². The summed E-state index contributed by atoms with van der Waals surface area (Å²) in [7, 11) is 0. The second-order valence-corrected chi connectivity index (χ2v) is 8.82. The maximum atomic E-state index is 11.1. The number of rotatable bonds is 11. The van der Waals surface area contributed by atoms with Gasteiger partial charge >= 0.3 is 12.2 Å². The molecule has 2 amide bonds. The number of hydrogen-bond acceptors (Lipinski definition) is 8. The Morgan fingerprint density at radius 2 is 1.29 bits per heavy atom. The summed E-state index contributed by atoms with van der Waals surface area (Å²) in [5.74, 6) is 4.75. The summed E-state index contributed by atoms with van der Waals surface area (Å²) in [5, 5.41) is 8.15. The number of aldehydes is 1. The standard InChI is InChI=1S/C10H20N2O2.C5H12N2O2.C5H10O.C5H8O/c1-5-6-7-8-11-12-9(13)14-10(2,3)4;1-5(2,3)9-4(8)7-6;2*1-2-3-4-5-6/h5,11H,1,6-8H2,2-4H3,(H,12,13);6H2,1-3H3,(H,7,8);2,6H,1,3-5H2;2,5H,1,3-4H2. The molecule has 0 fully saturated rings. The molecule has 0 aromatic heterocycles. The molecule has 0 aliphatic rings. The Morgan fingerprint density at radius 3 is 1.57 bits per heavy atom. The van der Waals surface area contributed by atoms with Crippen molar-refractivity contribution >= 4 is 18.5 Å². The average molecular weight is 503 g/mol. The number of nitrogens with one attached hydrogen (secondary N) is 3. The first-order chi connectivity index (χ1) is 16.2. The van der Waals surface area contributed by atoms with Gasteiger partial charge in [0.05, 0.1) is 0 Å². The lowest BCUT2D eigenvalue weighted by Gasteiger charge is -2.19. The number of aliphatic hydroxyl groups is 1. The van der Waals surface area contributed by atoms with Gasteiger partial charge in [-0.1, -0.05) is 18.2 Å². The zero-order valence-corrected chi connectivity index (χ0v) is 22.7. The molecule has 10 heteroatoms. The van der Waals surface area contributed by atoms with E-state index in [9.17, 15) is 14.4 Å². The summed E-state index contributed by atoms with van der Waals surface area (Å²) in [6, 6.07) is 0. The molecular weight excluding hydrogens is 452 g/mol. The van der Waals surface area contributed by atoms with Crippen LogP contribution in [0.5, 0.6) is 0 Å². The van der Waals surface area contributed by atoms with Gasteiger partial charge in [-0.2, -0.15) is 0 Å². The summed E-state index contributed by atoms with van der Waals surface area (Å²) in [6.07, 6.45) is 10.3. The molecule has 0 aromatic carbocycles. The molecule has 0 aliphatic heterocycles. The third kappa shape index (κ3) is 54.0. The number of hydrogen-bond donors (Lipinski definition) is 5. The molecule has 0 aromatic rings. The van der Waals surface area contributed by atoms with Gasteiger partial charge in [-0.3, -0.25) is 10.9 Å². The van der Waals surface area contributed by atoms with E-state index in [2.05, 4.69) is 30.6 Å². The molecular formula is C25H50N4O6. The number of amides is 2. The fourth-order valence-corrected chi connectivity index (χ4v) is 1.50. The molecule has 0 unspecified atom stereocenters. The van der Waals surface area contributed by atoms with Gasteiger partial charge in [0.1, 0.15) is 17.5 Å². The Morgan fingerprint density at radius 1 is 0.829 bits per heavy atom. The Labute approximate surface area is 212 Å². The van der Waals surface area contributed by atoms with Crippen LogP contribution >= 0.6 is 0 Å². The molecule has 0 aliphatic carbocycles. The van der Waals surface area contributed by atoms with Crippen molar-refractivity contribution < 1.29 is 29.0 Å². The third-order valence-electron chi connectivity index (χ3n) is 2.87. The van der Waals surface area contributed by atoms with Crippen LogP contribution in [-0.2, 0) is 14.3 Å². The Balaban J connectivity index is -0.000000197. The second kappa shape index (κ2) is 27.6. The minimum atomic E-state index is -0.609. The number of allylic oxidation sites excluding steroid dienone is 3. The van der Waals surface area contributed by atoms with Crippen LogP contribution in [0.25, 0.3) is 0 Å². The van der Waals surface area contributed by atoms with Crippen molar-refractivity contribution in [2.24, 2.45) is 5.84 Å². The topological polar surface area (TPSA) is 152 Å². The summed E-state index contributed by atoms with van der Waals surface area (Å²) in [6.45, 7) is 22.3. The van der Waals surface area contributed by atoms with Crippen LogP contribution in [0.15, 0.2) is 38.0 Å². The van der Waals surface area contributed by atoms with Gasteiger partial charge in [-0.15, -0.1) is 19.7 Å². The smallest absolute Gasteiger partial charge is 0.422 e. The van der Waals surface area contributed by atoms with Crippen molar-refractivity contribution in [2.75, 3.05) is 13.2 Å². The molecule has 0 spiro atoms. The molecule has 206 valence electrons. The number of ether oxygens (including phenoxy) is 2. The van der Waals surface area contributed by atoms with E-state index in [4.69, 9.17) is 20.4 Å². The lowest BCUT2D eigenvalue weighted by Crippen LogP contribution is -2.41. The largest absolute Gasteiger partial charge is 0.443 e. The molecule has 0 atom stereocenters. The Hall–Kier alpha value is -2.69. The first-order valence-corrected chi connectivity index (χ1v) is 11.5. The van der Waals surface area contributed by atoms with E-state index in [0.717, 1.165) is 38.4 Å². The summed E-state index contributed by atoms with van der Waals surface area (Å²) < 4.78 is 9.72. The van der Waals surface area contributed by atoms with Gasteiger partial charge in [0, 0.05) is 19.6 Å².